The Morgan fingerprint density at radius 1 is 0.846 bits per heavy atom. The topological polar surface area (TPSA) is 0 Å². The van der Waals surface area contributed by atoms with E-state index in [1.165, 1.54) is 6.42 Å². The standard InChI is InChI=1S/C12H25B/c1-8(2)9(3)7-10(4)11(5)12(6)13/h8-12H,7H2,1-6H3. The van der Waals surface area contributed by atoms with Gasteiger partial charge in [0.05, 0.1) is 7.85 Å². The first-order valence-electron chi connectivity index (χ1n) is 5.61. The summed E-state index contributed by atoms with van der Waals surface area (Å²) in [6, 6.07) is 0. The zero-order valence-corrected chi connectivity index (χ0v) is 10.2. The molecule has 4 unspecified atom stereocenters. The minimum absolute atomic E-state index is 0.328. The second-order valence-corrected chi connectivity index (χ2v) is 5.15. The van der Waals surface area contributed by atoms with Crippen LogP contribution < -0.4 is 0 Å². The third-order valence-electron chi connectivity index (χ3n) is 3.61. The summed E-state index contributed by atoms with van der Waals surface area (Å²) in [5.41, 5.74) is 0. The summed E-state index contributed by atoms with van der Waals surface area (Å²) >= 11 is 0. The molecular weight excluding hydrogens is 155 g/mol. The van der Waals surface area contributed by atoms with E-state index in [0.29, 0.717) is 11.7 Å². The summed E-state index contributed by atoms with van der Waals surface area (Å²) in [5.74, 6) is 3.33. The maximum Gasteiger partial charge on any atom is 0.0699 e. The molecule has 0 aliphatic rings. The molecule has 0 N–H and O–H groups in total. The summed E-state index contributed by atoms with van der Waals surface area (Å²) in [6.45, 7) is 13.6. The highest BCUT2D eigenvalue weighted by Gasteiger charge is 2.19. The lowest BCUT2D eigenvalue weighted by Gasteiger charge is -2.27. The highest BCUT2D eigenvalue weighted by atomic mass is 14.2. The van der Waals surface area contributed by atoms with Gasteiger partial charge < -0.3 is 0 Å². The fourth-order valence-corrected chi connectivity index (χ4v) is 1.59. The lowest BCUT2D eigenvalue weighted by molar-refractivity contribution is 0.268. The molecule has 0 heterocycles. The van der Waals surface area contributed by atoms with Crippen LogP contribution in [0.4, 0.5) is 0 Å². The first-order chi connectivity index (χ1) is 5.86. The lowest BCUT2D eigenvalue weighted by atomic mass is 9.71. The minimum Gasteiger partial charge on any atom is -0.0774 e. The first kappa shape index (κ1) is 13.1. The maximum atomic E-state index is 5.89. The van der Waals surface area contributed by atoms with Crippen molar-refractivity contribution in [3.05, 3.63) is 0 Å². The van der Waals surface area contributed by atoms with Crippen molar-refractivity contribution in [1.29, 1.82) is 0 Å². The van der Waals surface area contributed by atoms with Gasteiger partial charge in [0.15, 0.2) is 0 Å². The third-order valence-corrected chi connectivity index (χ3v) is 3.61. The van der Waals surface area contributed by atoms with Crippen LogP contribution in [0.25, 0.3) is 0 Å². The molecule has 0 aromatic carbocycles. The van der Waals surface area contributed by atoms with Crippen LogP contribution in [0.2, 0.25) is 5.82 Å². The molecular formula is C12H25B. The zero-order valence-electron chi connectivity index (χ0n) is 10.2. The maximum absolute atomic E-state index is 5.89. The molecule has 0 spiro atoms. The van der Waals surface area contributed by atoms with Crippen LogP contribution >= 0.6 is 0 Å². The molecule has 0 aliphatic carbocycles. The molecule has 13 heavy (non-hydrogen) atoms. The van der Waals surface area contributed by atoms with Crippen molar-refractivity contribution >= 4 is 7.85 Å². The van der Waals surface area contributed by atoms with Crippen molar-refractivity contribution in [3.8, 4) is 0 Å². The predicted molar refractivity (Wildman–Crippen MR) is 62.1 cm³/mol. The Kier molecular flexibility index (Phi) is 5.75. The SMILES string of the molecule is [B]C(C)C(C)C(C)CC(C)C(C)C. The van der Waals surface area contributed by atoms with Crippen LogP contribution in [0.3, 0.4) is 0 Å². The Balaban J connectivity index is 3.92. The van der Waals surface area contributed by atoms with Crippen molar-refractivity contribution < 1.29 is 0 Å². The van der Waals surface area contributed by atoms with E-state index in [1.54, 1.807) is 0 Å². The summed E-state index contributed by atoms with van der Waals surface area (Å²) in [6.07, 6.45) is 1.31. The molecule has 0 amide bonds. The highest BCUT2D eigenvalue weighted by Crippen LogP contribution is 2.29. The molecule has 0 rings (SSSR count). The van der Waals surface area contributed by atoms with Gasteiger partial charge in [0, 0.05) is 0 Å². The van der Waals surface area contributed by atoms with Gasteiger partial charge in [-0.2, -0.15) is 0 Å². The van der Waals surface area contributed by atoms with Gasteiger partial charge in [0.1, 0.15) is 0 Å². The Bertz CT molecular complexity index is 129. The highest BCUT2D eigenvalue weighted by molar-refractivity contribution is 6.11. The molecule has 0 aromatic heterocycles. The third kappa shape index (κ3) is 4.74. The van der Waals surface area contributed by atoms with E-state index >= 15 is 0 Å². The Morgan fingerprint density at radius 2 is 1.31 bits per heavy atom. The molecule has 0 fully saturated rings. The van der Waals surface area contributed by atoms with Crippen LogP contribution in [0.5, 0.6) is 0 Å². The molecule has 0 aliphatic heterocycles. The van der Waals surface area contributed by atoms with Crippen molar-refractivity contribution in [3.63, 3.8) is 0 Å². The van der Waals surface area contributed by atoms with Gasteiger partial charge in [-0.1, -0.05) is 47.4 Å². The Hall–Kier alpha value is 0.0649. The fourth-order valence-electron chi connectivity index (χ4n) is 1.59. The van der Waals surface area contributed by atoms with Crippen molar-refractivity contribution in [2.24, 2.45) is 23.7 Å². The van der Waals surface area contributed by atoms with E-state index in [4.69, 9.17) is 7.85 Å². The van der Waals surface area contributed by atoms with Crippen molar-refractivity contribution in [1.82, 2.24) is 0 Å². The van der Waals surface area contributed by atoms with Gasteiger partial charge in [-0.15, -0.1) is 0 Å². The van der Waals surface area contributed by atoms with E-state index in [9.17, 15) is 0 Å². The summed E-state index contributed by atoms with van der Waals surface area (Å²) < 4.78 is 0. The molecule has 4 atom stereocenters. The monoisotopic (exact) mass is 180 g/mol. The minimum atomic E-state index is 0.328. The van der Waals surface area contributed by atoms with Gasteiger partial charge in [-0.3, -0.25) is 0 Å². The average molecular weight is 180 g/mol. The molecule has 0 saturated heterocycles. The lowest BCUT2D eigenvalue weighted by Crippen LogP contribution is -2.17. The summed E-state index contributed by atoms with van der Waals surface area (Å²) in [4.78, 5) is 0. The van der Waals surface area contributed by atoms with Crippen LogP contribution in [-0.4, -0.2) is 7.85 Å². The second kappa shape index (κ2) is 5.72. The molecule has 0 aromatic rings. The fraction of sp³-hybridized carbons (Fsp3) is 1.00. The van der Waals surface area contributed by atoms with Crippen molar-refractivity contribution in [2.75, 3.05) is 0 Å². The number of rotatable bonds is 5. The van der Waals surface area contributed by atoms with Gasteiger partial charge in [0.25, 0.3) is 0 Å². The van der Waals surface area contributed by atoms with Gasteiger partial charge in [0.2, 0.25) is 0 Å². The van der Waals surface area contributed by atoms with Gasteiger partial charge in [-0.25, -0.2) is 0 Å². The molecule has 76 valence electrons. The van der Waals surface area contributed by atoms with E-state index in [1.807, 2.05) is 0 Å². The van der Waals surface area contributed by atoms with Crippen LogP contribution in [0.15, 0.2) is 0 Å². The average Bonchev–Trinajstić information content (AvgIpc) is 2.02. The first-order valence-corrected chi connectivity index (χ1v) is 5.61. The summed E-state index contributed by atoms with van der Waals surface area (Å²) in [7, 11) is 5.89. The predicted octanol–water partition coefficient (Wildman–Crippen LogP) is 3.92. The van der Waals surface area contributed by atoms with Crippen molar-refractivity contribution in [2.45, 2.75) is 53.8 Å². The molecule has 0 nitrogen and oxygen atoms in total. The second-order valence-electron chi connectivity index (χ2n) is 5.15. The zero-order chi connectivity index (χ0) is 10.6. The van der Waals surface area contributed by atoms with Crippen LogP contribution in [-0.2, 0) is 0 Å². The van der Waals surface area contributed by atoms with E-state index in [0.717, 1.165) is 17.8 Å². The molecule has 0 saturated carbocycles. The number of hydrogen-bond acceptors (Lipinski definition) is 0. The largest absolute Gasteiger partial charge is 0.0774 e. The van der Waals surface area contributed by atoms with Crippen LogP contribution in [0.1, 0.15) is 48.0 Å². The normalized spacial score (nSPS) is 21.2. The van der Waals surface area contributed by atoms with E-state index < -0.39 is 0 Å². The van der Waals surface area contributed by atoms with E-state index in [2.05, 4.69) is 41.5 Å². The summed E-state index contributed by atoms with van der Waals surface area (Å²) in [5, 5.41) is 0. The Labute approximate surface area is 85.9 Å². The Morgan fingerprint density at radius 3 is 1.62 bits per heavy atom. The molecule has 1 heteroatoms. The smallest absolute Gasteiger partial charge is 0.0699 e. The molecule has 0 bridgehead atoms. The molecule has 2 radical (unpaired) electrons. The van der Waals surface area contributed by atoms with Crippen LogP contribution in [0, 0.1) is 23.7 Å². The van der Waals surface area contributed by atoms with Gasteiger partial charge >= 0.3 is 0 Å². The van der Waals surface area contributed by atoms with E-state index in [-0.39, 0.29) is 0 Å². The number of hydrogen-bond donors (Lipinski definition) is 0. The van der Waals surface area contributed by atoms with Gasteiger partial charge in [-0.05, 0) is 30.1 Å². The quantitative estimate of drug-likeness (QED) is 0.562.